The second-order valence-electron chi connectivity index (χ2n) is 10.1. The van der Waals surface area contributed by atoms with Crippen molar-refractivity contribution in [1.82, 2.24) is 25.3 Å². The van der Waals surface area contributed by atoms with Crippen molar-refractivity contribution in [3.8, 4) is 28.4 Å². The number of nitrogens with zero attached hydrogens (tertiary/aromatic N) is 4. The van der Waals surface area contributed by atoms with Crippen molar-refractivity contribution in [2.24, 2.45) is 0 Å². The summed E-state index contributed by atoms with van der Waals surface area (Å²) in [4.78, 5) is 24.0. The summed E-state index contributed by atoms with van der Waals surface area (Å²) in [5, 5.41) is 21.0. The Morgan fingerprint density at radius 2 is 2.10 bits per heavy atom. The largest absolute Gasteiger partial charge is 0.491 e. The normalized spacial score (nSPS) is 15.7. The van der Waals surface area contributed by atoms with E-state index >= 15 is 0 Å². The highest BCUT2D eigenvalue weighted by atomic mass is 35.5. The Morgan fingerprint density at radius 3 is 2.80 bits per heavy atom. The summed E-state index contributed by atoms with van der Waals surface area (Å²) in [6.07, 6.45) is 1.73. The zero-order valence-corrected chi connectivity index (χ0v) is 25.0. The van der Waals surface area contributed by atoms with Gasteiger partial charge in [-0.1, -0.05) is 16.8 Å². The number of likely N-dealkylation sites (tertiary alicyclic amines) is 1. The Morgan fingerprint density at radius 1 is 1.29 bits per heavy atom. The lowest BCUT2D eigenvalue weighted by Crippen LogP contribution is -2.37. The first-order valence-corrected chi connectivity index (χ1v) is 14.4. The van der Waals surface area contributed by atoms with Crippen LogP contribution in [0.5, 0.6) is 5.75 Å². The first-order valence-electron chi connectivity index (χ1n) is 14.0. The molecule has 2 aromatic heterocycles. The Kier molecular flexibility index (Phi) is 10.4. The maximum Gasteiger partial charge on any atom is 0.409 e. The second kappa shape index (κ2) is 14.0. The van der Waals surface area contributed by atoms with Crippen LogP contribution >= 0.6 is 11.6 Å². The number of amides is 1. The maximum atomic E-state index is 12.4. The number of carbonyl (C=O) groups is 1. The van der Waals surface area contributed by atoms with Gasteiger partial charge in [0.1, 0.15) is 30.0 Å². The van der Waals surface area contributed by atoms with Crippen molar-refractivity contribution in [1.29, 1.82) is 0 Å². The zero-order valence-electron chi connectivity index (χ0n) is 24.3. The number of halogens is 1. The third-order valence-electron chi connectivity index (χ3n) is 7.13. The van der Waals surface area contributed by atoms with Crippen molar-refractivity contribution < 1.29 is 23.9 Å². The van der Waals surface area contributed by atoms with Crippen molar-refractivity contribution in [2.75, 3.05) is 45.2 Å². The molecule has 2 unspecified atom stereocenters. The number of aromatic nitrogens is 3. The number of rotatable bonds is 12. The van der Waals surface area contributed by atoms with E-state index in [0.29, 0.717) is 65.7 Å². The van der Waals surface area contributed by atoms with Gasteiger partial charge in [0.15, 0.2) is 5.82 Å². The number of hydrogen-bond donors (Lipinski definition) is 3. The molecule has 0 saturated carbocycles. The zero-order chi connectivity index (χ0) is 29.5. The SMILES string of the molecule is CCOC(=O)N1CCCC1CCNc1nc(-c2cc(OCC(O)CNC)ccc2Cl)nc(-c2c(C)noc2C)c1C. The first-order chi connectivity index (χ1) is 19.7. The minimum atomic E-state index is -0.656. The number of ether oxygens (including phenoxy) is 2. The van der Waals surface area contributed by atoms with Gasteiger partial charge in [-0.3, -0.25) is 0 Å². The number of carbonyl (C=O) groups excluding carboxylic acids is 1. The second-order valence-corrected chi connectivity index (χ2v) is 10.5. The number of nitrogens with one attached hydrogen (secondary N) is 2. The fourth-order valence-corrected chi connectivity index (χ4v) is 5.27. The Balaban J connectivity index is 1.64. The summed E-state index contributed by atoms with van der Waals surface area (Å²) >= 11 is 6.64. The number of hydrogen-bond acceptors (Lipinski definition) is 10. The Bertz CT molecular complexity index is 1330. The summed E-state index contributed by atoms with van der Waals surface area (Å²) in [5.74, 6) is 2.25. The fraction of sp³-hybridized carbons (Fsp3) is 0.517. The van der Waals surface area contributed by atoms with E-state index in [9.17, 15) is 9.90 Å². The van der Waals surface area contributed by atoms with Gasteiger partial charge in [-0.05, 0) is 72.2 Å². The molecule has 222 valence electrons. The van der Waals surface area contributed by atoms with Gasteiger partial charge in [-0.25, -0.2) is 14.8 Å². The first kappa shape index (κ1) is 30.5. The molecule has 11 nitrogen and oxygen atoms in total. The van der Waals surface area contributed by atoms with E-state index in [1.165, 1.54) is 0 Å². The Hall–Kier alpha value is -3.41. The molecule has 3 N–H and O–H groups in total. The minimum Gasteiger partial charge on any atom is -0.491 e. The van der Waals surface area contributed by atoms with Crippen molar-refractivity contribution in [3.63, 3.8) is 0 Å². The van der Waals surface area contributed by atoms with Crippen LogP contribution in [0.3, 0.4) is 0 Å². The highest BCUT2D eigenvalue weighted by molar-refractivity contribution is 6.33. The van der Waals surface area contributed by atoms with Gasteiger partial charge in [0.2, 0.25) is 0 Å². The van der Waals surface area contributed by atoms with Crippen LogP contribution in [-0.4, -0.2) is 83.3 Å². The highest BCUT2D eigenvalue weighted by Crippen LogP contribution is 2.36. The lowest BCUT2D eigenvalue weighted by Gasteiger charge is -2.24. The lowest BCUT2D eigenvalue weighted by atomic mass is 10.0. The van der Waals surface area contributed by atoms with Crippen LogP contribution in [0.15, 0.2) is 22.7 Å². The van der Waals surface area contributed by atoms with Gasteiger partial charge in [-0.15, -0.1) is 0 Å². The lowest BCUT2D eigenvalue weighted by molar-refractivity contribution is 0.102. The average molecular weight is 587 g/mol. The fourth-order valence-electron chi connectivity index (χ4n) is 5.07. The summed E-state index contributed by atoms with van der Waals surface area (Å²) in [7, 11) is 1.77. The minimum absolute atomic E-state index is 0.103. The van der Waals surface area contributed by atoms with Crippen LogP contribution in [0.2, 0.25) is 5.02 Å². The van der Waals surface area contributed by atoms with E-state index in [2.05, 4.69) is 15.8 Å². The quantitative estimate of drug-likeness (QED) is 0.272. The maximum absolute atomic E-state index is 12.4. The topological polar surface area (TPSA) is 135 Å². The highest BCUT2D eigenvalue weighted by Gasteiger charge is 2.29. The van der Waals surface area contributed by atoms with Crippen LogP contribution in [0, 0.1) is 20.8 Å². The van der Waals surface area contributed by atoms with Gasteiger partial charge in [0.25, 0.3) is 0 Å². The molecule has 0 spiro atoms. The molecular formula is C29H39ClN6O5. The third-order valence-corrected chi connectivity index (χ3v) is 7.46. The molecule has 1 saturated heterocycles. The predicted octanol–water partition coefficient (Wildman–Crippen LogP) is 4.76. The van der Waals surface area contributed by atoms with E-state index in [0.717, 1.165) is 36.1 Å². The summed E-state index contributed by atoms with van der Waals surface area (Å²) in [6, 6.07) is 5.35. The molecule has 12 heteroatoms. The molecule has 1 aliphatic rings. The van der Waals surface area contributed by atoms with Crippen molar-refractivity contribution in [3.05, 3.63) is 40.2 Å². The summed E-state index contributed by atoms with van der Waals surface area (Å²) in [5.41, 5.74) is 3.65. The summed E-state index contributed by atoms with van der Waals surface area (Å²) in [6.45, 7) is 9.70. The molecule has 1 amide bonds. The predicted molar refractivity (Wildman–Crippen MR) is 157 cm³/mol. The molecule has 4 rings (SSSR count). The van der Waals surface area contributed by atoms with Crippen molar-refractivity contribution in [2.45, 2.75) is 59.1 Å². The van der Waals surface area contributed by atoms with Crippen LogP contribution in [0.1, 0.15) is 43.2 Å². The smallest absolute Gasteiger partial charge is 0.409 e. The third kappa shape index (κ3) is 7.27. The van der Waals surface area contributed by atoms with E-state index < -0.39 is 6.10 Å². The van der Waals surface area contributed by atoms with Gasteiger partial charge < -0.3 is 34.6 Å². The van der Waals surface area contributed by atoms with Gasteiger partial charge in [0.05, 0.1) is 28.6 Å². The number of likely N-dealkylation sites (N-methyl/N-ethyl adjacent to an activating group) is 1. The number of anilines is 1. The molecular weight excluding hydrogens is 548 g/mol. The number of benzene rings is 1. The van der Waals surface area contributed by atoms with Crippen LogP contribution < -0.4 is 15.4 Å². The molecule has 3 heterocycles. The number of aliphatic hydroxyl groups excluding tert-OH is 1. The Labute approximate surface area is 245 Å². The van der Waals surface area contributed by atoms with Crippen molar-refractivity contribution >= 4 is 23.5 Å². The molecule has 0 radical (unpaired) electrons. The van der Waals surface area contributed by atoms with Crippen LogP contribution in [-0.2, 0) is 4.74 Å². The molecule has 1 aliphatic heterocycles. The van der Waals surface area contributed by atoms with E-state index in [-0.39, 0.29) is 18.7 Å². The molecule has 2 atom stereocenters. The molecule has 41 heavy (non-hydrogen) atoms. The van der Waals surface area contributed by atoms with E-state index in [1.807, 2.05) is 32.6 Å². The monoisotopic (exact) mass is 586 g/mol. The van der Waals surface area contributed by atoms with E-state index in [1.54, 1.807) is 25.2 Å². The molecule has 1 fully saturated rings. The van der Waals surface area contributed by atoms with Gasteiger partial charge >= 0.3 is 6.09 Å². The van der Waals surface area contributed by atoms with Crippen LogP contribution in [0.25, 0.3) is 22.6 Å². The molecule has 0 bridgehead atoms. The molecule has 1 aromatic carbocycles. The van der Waals surface area contributed by atoms with Gasteiger partial charge in [-0.2, -0.15) is 0 Å². The van der Waals surface area contributed by atoms with Crippen LogP contribution in [0.4, 0.5) is 10.6 Å². The van der Waals surface area contributed by atoms with Gasteiger partial charge in [0, 0.05) is 36.8 Å². The van der Waals surface area contributed by atoms with E-state index in [4.69, 9.17) is 35.6 Å². The number of aryl methyl sites for hydroxylation is 2. The molecule has 3 aromatic rings. The average Bonchev–Trinajstić information content (AvgIpc) is 3.55. The standard InChI is InChI=1S/C29H39ClN6O5/c1-6-39-29(38)36-13-7-8-20(36)11-12-32-27-17(2)26(25-18(3)35-41-19(25)4)33-28(34-27)23-14-22(9-10-24(23)30)40-16-21(37)15-31-5/h9-10,14,20-21,31,37H,6-8,11-13,15-16H2,1-5H3,(H,32,33,34). The summed E-state index contributed by atoms with van der Waals surface area (Å²) < 4.78 is 16.5. The molecule has 0 aliphatic carbocycles. The number of aliphatic hydroxyl groups is 1.